The summed E-state index contributed by atoms with van der Waals surface area (Å²) in [4.78, 5) is 24.4. The van der Waals surface area contributed by atoms with Crippen LogP contribution in [0.1, 0.15) is 39.5 Å². The van der Waals surface area contributed by atoms with Crippen molar-refractivity contribution in [1.29, 1.82) is 0 Å². The topological polar surface area (TPSA) is 34.1 Å². The lowest BCUT2D eigenvalue weighted by Crippen LogP contribution is -2.48. The number of rotatable bonds is 0. The minimum absolute atomic E-state index is 0.0973. The number of Topliss-reactive ketones (excluding diaryl/α,β-unsaturated/α-hetero) is 2. The Morgan fingerprint density at radius 2 is 1.70 bits per heavy atom. The van der Waals surface area contributed by atoms with Gasteiger partial charge < -0.3 is 0 Å². The molecule has 3 aliphatic rings. The van der Waals surface area contributed by atoms with Crippen LogP contribution >= 0.6 is 0 Å². The van der Waals surface area contributed by atoms with Crippen molar-refractivity contribution in [2.45, 2.75) is 39.5 Å². The van der Waals surface area contributed by atoms with Gasteiger partial charge >= 0.3 is 0 Å². The van der Waals surface area contributed by atoms with Gasteiger partial charge in [0.05, 0.1) is 0 Å². The molecule has 3 rings (SSSR count). The van der Waals surface area contributed by atoms with Crippen LogP contribution in [-0.2, 0) is 9.59 Å². The zero-order valence-electron chi connectivity index (χ0n) is 12.5. The van der Waals surface area contributed by atoms with E-state index < -0.39 is 0 Å². The first kappa shape index (κ1) is 13.8. The summed E-state index contributed by atoms with van der Waals surface area (Å²) in [5.41, 5.74) is 1.54. The van der Waals surface area contributed by atoms with E-state index in [-0.39, 0.29) is 29.3 Å². The summed E-state index contributed by atoms with van der Waals surface area (Å²) in [5.74, 6) is 2.52. The lowest BCUT2D eigenvalue weighted by molar-refractivity contribution is -0.126. The molecular formula is C18H24O2. The van der Waals surface area contributed by atoms with E-state index in [0.29, 0.717) is 24.2 Å². The number of carbonyl (C=O) groups is 2. The Morgan fingerprint density at radius 3 is 2.40 bits per heavy atom. The molecule has 0 amide bonds. The highest BCUT2D eigenvalue weighted by molar-refractivity contribution is 5.99. The summed E-state index contributed by atoms with van der Waals surface area (Å²) in [6.45, 7) is 12.5. The van der Waals surface area contributed by atoms with Crippen LogP contribution in [0.4, 0.5) is 0 Å². The number of hydrogen-bond donors (Lipinski definition) is 0. The van der Waals surface area contributed by atoms with Gasteiger partial charge in [-0.15, -0.1) is 0 Å². The number of fused-ring (bicyclic) bond motifs is 3. The van der Waals surface area contributed by atoms with E-state index in [2.05, 4.69) is 20.1 Å². The molecule has 3 fully saturated rings. The maximum absolute atomic E-state index is 12.3. The molecule has 0 bridgehead atoms. The number of ketones is 2. The molecule has 108 valence electrons. The second-order valence-electron chi connectivity index (χ2n) is 7.20. The third-order valence-corrected chi connectivity index (χ3v) is 6.05. The predicted octanol–water partition coefficient (Wildman–Crippen LogP) is 3.58. The van der Waals surface area contributed by atoms with E-state index >= 15 is 0 Å². The molecule has 0 aromatic heterocycles. The molecule has 0 radical (unpaired) electrons. The summed E-state index contributed by atoms with van der Waals surface area (Å²) in [6, 6.07) is 0. The molecule has 0 aliphatic heterocycles. The second-order valence-corrected chi connectivity index (χ2v) is 7.20. The number of carbonyl (C=O) groups excluding carboxylic acids is 2. The van der Waals surface area contributed by atoms with E-state index in [4.69, 9.17) is 0 Å². The molecule has 2 heteroatoms. The second kappa shape index (κ2) is 4.68. The molecule has 0 saturated heterocycles. The maximum atomic E-state index is 12.3. The van der Waals surface area contributed by atoms with Crippen molar-refractivity contribution >= 4 is 11.6 Å². The van der Waals surface area contributed by atoms with Crippen molar-refractivity contribution in [1.82, 2.24) is 0 Å². The Bertz CT molecular complexity index is 502. The van der Waals surface area contributed by atoms with Crippen LogP contribution in [-0.4, -0.2) is 11.6 Å². The Morgan fingerprint density at radius 1 is 1.00 bits per heavy atom. The van der Waals surface area contributed by atoms with E-state index in [0.717, 1.165) is 24.0 Å². The zero-order valence-corrected chi connectivity index (χ0v) is 12.5. The van der Waals surface area contributed by atoms with Gasteiger partial charge in [0.25, 0.3) is 0 Å². The Balaban J connectivity index is 2.00. The zero-order chi connectivity index (χ0) is 14.6. The normalized spacial score (nSPS) is 45.1. The molecule has 0 aromatic carbocycles. The molecule has 0 aromatic rings. The third kappa shape index (κ3) is 1.84. The van der Waals surface area contributed by atoms with Crippen LogP contribution in [0.5, 0.6) is 0 Å². The van der Waals surface area contributed by atoms with Gasteiger partial charge in [0.2, 0.25) is 0 Å². The van der Waals surface area contributed by atoms with Gasteiger partial charge in [-0.3, -0.25) is 9.59 Å². The van der Waals surface area contributed by atoms with Crippen LogP contribution in [0.25, 0.3) is 0 Å². The minimum atomic E-state index is 0.0973. The molecule has 2 nitrogen and oxygen atoms in total. The highest BCUT2D eigenvalue weighted by atomic mass is 16.1. The molecule has 0 unspecified atom stereocenters. The molecule has 0 N–H and O–H groups in total. The highest BCUT2D eigenvalue weighted by Gasteiger charge is 2.51. The average Bonchev–Trinajstić information content (AvgIpc) is 2.40. The Labute approximate surface area is 121 Å². The summed E-state index contributed by atoms with van der Waals surface area (Å²) >= 11 is 0. The summed E-state index contributed by atoms with van der Waals surface area (Å²) < 4.78 is 0. The molecule has 6 atom stereocenters. The van der Waals surface area contributed by atoms with Crippen molar-refractivity contribution < 1.29 is 9.59 Å². The van der Waals surface area contributed by atoms with Crippen LogP contribution in [0, 0.1) is 35.5 Å². The van der Waals surface area contributed by atoms with Gasteiger partial charge in [0.15, 0.2) is 11.6 Å². The monoisotopic (exact) mass is 272 g/mol. The number of allylic oxidation sites excluding steroid dienone is 2. The first-order chi connectivity index (χ1) is 9.41. The van der Waals surface area contributed by atoms with E-state index in [1.54, 1.807) is 0 Å². The fourth-order valence-corrected chi connectivity index (χ4v) is 5.08. The first-order valence-electron chi connectivity index (χ1n) is 7.86. The molecule has 3 aliphatic carbocycles. The minimum Gasteiger partial charge on any atom is -0.295 e. The fraction of sp³-hybridized carbons (Fsp3) is 0.667. The van der Waals surface area contributed by atoms with Crippen LogP contribution < -0.4 is 0 Å². The van der Waals surface area contributed by atoms with Gasteiger partial charge in [0, 0.05) is 12.3 Å². The quantitative estimate of drug-likeness (QED) is 0.632. The number of hydrogen-bond acceptors (Lipinski definition) is 2. The van der Waals surface area contributed by atoms with Gasteiger partial charge in [0.1, 0.15) is 0 Å². The standard InChI is InChI=1S/C18H24O2/c1-9-7-13-8-10(2)18(20)12(4)16(13)17-11(3)15(19)6-5-14(9)17/h9-10,13-14,16-17H,3-8H2,1-2H3/t9-,10+,13-,14+,16-,17-/m0/s1. The van der Waals surface area contributed by atoms with Gasteiger partial charge in [-0.1, -0.05) is 27.0 Å². The third-order valence-electron chi connectivity index (χ3n) is 6.05. The van der Waals surface area contributed by atoms with Crippen molar-refractivity contribution in [3.05, 3.63) is 24.3 Å². The van der Waals surface area contributed by atoms with E-state index in [1.165, 1.54) is 6.42 Å². The summed E-state index contributed by atoms with van der Waals surface area (Å²) in [5, 5.41) is 0. The molecule has 0 spiro atoms. The smallest absolute Gasteiger partial charge is 0.161 e. The summed E-state index contributed by atoms with van der Waals surface area (Å²) in [7, 11) is 0. The lowest BCUT2D eigenvalue weighted by Gasteiger charge is -2.52. The van der Waals surface area contributed by atoms with Crippen molar-refractivity contribution in [3.63, 3.8) is 0 Å². The highest BCUT2D eigenvalue weighted by Crippen LogP contribution is 2.55. The molecule has 20 heavy (non-hydrogen) atoms. The Hall–Kier alpha value is -1.18. The Kier molecular flexibility index (Phi) is 3.23. The van der Waals surface area contributed by atoms with E-state index in [9.17, 15) is 9.59 Å². The van der Waals surface area contributed by atoms with Gasteiger partial charge in [-0.05, 0) is 60.0 Å². The molecular weight excluding hydrogens is 248 g/mol. The van der Waals surface area contributed by atoms with Gasteiger partial charge in [-0.2, -0.15) is 0 Å². The van der Waals surface area contributed by atoms with Crippen molar-refractivity contribution in [3.8, 4) is 0 Å². The van der Waals surface area contributed by atoms with Crippen LogP contribution in [0.2, 0.25) is 0 Å². The van der Waals surface area contributed by atoms with Gasteiger partial charge in [-0.25, -0.2) is 0 Å². The molecule has 0 heterocycles. The van der Waals surface area contributed by atoms with E-state index in [1.807, 2.05) is 6.92 Å². The maximum Gasteiger partial charge on any atom is 0.161 e. The van der Waals surface area contributed by atoms with Crippen molar-refractivity contribution in [2.75, 3.05) is 0 Å². The SMILES string of the molecule is C=C1C(=O)[C@H](C)C[C@@H]2C[C@H](C)[C@H]3CCC(=O)C(=C)[C@@H]3[C@@H]12. The predicted molar refractivity (Wildman–Crippen MR) is 79.1 cm³/mol. The fourth-order valence-electron chi connectivity index (χ4n) is 5.08. The van der Waals surface area contributed by atoms with Crippen molar-refractivity contribution in [2.24, 2.45) is 35.5 Å². The van der Waals surface area contributed by atoms with Crippen LogP contribution in [0.15, 0.2) is 24.3 Å². The molecule has 3 saturated carbocycles. The summed E-state index contributed by atoms with van der Waals surface area (Å²) in [6.07, 6.45) is 3.73. The van der Waals surface area contributed by atoms with Crippen LogP contribution in [0.3, 0.4) is 0 Å². The lowest BCUT2D eigenvalue weighted by atomic mass is 9.51. The largest absolute Gasteiger partial charge is 0.295 e. The first-order valence-corrected chi connectivity index (χ1v) is 7.86. The average molecular weight is 272 g/mol.